The molecule has 5 heteroatoms. The highest BCUT2D eigenvalue weighted by Crippen LogP contribution is 2.28. The van der Waals surface area contributed by atoms with Crippen molar-refractivity contribution in [2.24, 2.45) is 23.9 Å². The largest absolute Gasteiger partial charge is 0.356 e. The van der Waals surface area contributed by atoms with Crippen LogP contribution in [0.5, 0.6) is 0 Å². The lowest BCUT2D eigenvalue weighted by Gasteiger charge is -2.24. The Labute approximate surface area is 134 Å². The maximum Gasteiger partial charge on any atom is 0.193 e. The van der Waals surface area contributed by atoms with Crippen LogP contribution in [-0.2, 0) is 13.5 Å². The summed E-state index contributed by atoms with van der Waals surface area (Å²) >= 11 is 0. The van der Waals surface area contributed by atoms with Gasteiger partial charge in [0, 0.05) is 39.9 Å². The first-order valence-electron chi connectivity index (χ1n) is 8.61. The van der Waals surface area contributed by atoms with E-state index in [9.17, 15) is 0 Å². The average Bonchev–Trinajstić information content (AvgIpc) is 3.15. The van der Waals surface area contributed by atoms with Crippen LogP contribution in [0.15, 0.2) is 17.4 Å². The molecule has 0 spiro atoms. The molecule has 1 unspecified atom stereocenters. The number of nitrogens with one attached hydrogen (secondary N) is 1. The zero-order valence-corrected chi connectivity index (χ0v) is 14.5. The normalized spacial score (nSPS) is 19.2. The van der Waals surface area contributed by atoms with Gasteiger partial charge in [-0.05, 0) is 30.2 Å². The van der Waals surface area contributed by atoms with Crippen molar-refractivity contribution in [1.82, 2.24) is 20.0 Å². The maximum absolute atomic E-state index is 4.46. The lowest BCUT2D eigenvalue weighted by atomic mass is 9.87. The van der Waals surface area contributed by atoms with Crippen LogP contribution in [0.4, 0.5) is 0 Å². The molecule has 0 amide bonds. The molecule has 0 bridgehead atoms. The molecule has 1 aromatic heterocycles. The lowest BCUT2D eigenvalue weighted by molar-refractivity contribution is 0.319. The van der Waals surface area contributed by atoms with E-state index in [1.165, 1.54) is 24.8 Å². The third kappa shape index (κ3) is 4.24. The predicted octanol–water partition coefficient (Wildman–Crippen LogP) is 2.30. The smallest absolute Gasteiger partial charge is 0.193 e. The van der Waals surface area contributed by atoms with E-state index in [2.05, 4.69) is 40.4 Å². The zero-order valence-electron chi connectivity index (χ0n) is 14.5. The number of hydrogen-bond acceptors (Lipinski definition) is 2. The minimum absolute atomic E-state index is 0.826. The van der Waals surface area contributed by atoms with Crippen molar-refractivity contribution in [1.29, 1.82) is 0 Å². The number of nitrogens with zero attached hydrogens (tertiary/aromatic N) is 4. The molecule has 1 aliphatic rings. The Morgan fingerprint density at radius 1 is 1.45 bits per heavy atom. The summed E-state index contributed by atoms with van der Waals surface area (Å²) in [6.45, 7) is 7.83. The average molecular weight is 305 g/mol. The minimum atomic E-state index is 0.826. The fraction of sp³-hybridized carbons (Fsp3) is 0.765. The van der Waals surface area contributed by atoms with E-state index in [0.717, 1.165) is 43.9 Å². The molecule has 1 atom stereocenters. The first kappa shape index (κ1) is 16.8. The number of hydrogen-bond donors (Lipinski definition) is 1. The van der Waals surface area contributed by atoms with Gasteiger partial charge < -0.3 is 10.2 Å². The van der Waals surface area contributed by atoms with Crippen LogP contribution < -0.4 is 5.32 Å². The highest BCUT2D eigenvalue weighted by Gasteiger charge is 2.29. The number of aromatic nitrogens is 2. The second-order valence-electron chi connectivity index (χ2n) is 6.32. The monoisotopic (exact) mass is 305 g/mol. The fourth-order valence-electron chi connectivity index (χ4n) is 3.57. The van der Waals surface area contributed by atoms with Crippen molar-refractivity contribution in [2.75, 3.05) is 26.7 Å². The van der Waals surface area contributed by atoms with Gasteiger partial charge in [-0.2, -0.15) is 5.10 Å². The van der Waals surface area contributed by atoms with Gasteiger partial charge in [0.15, 0.2) is 5.96 Å². The van der Waals surface area contributed by atoms with Gasteiger partial charge >= 0.3 is 0 Å². The summed E-state index contributed by atoms with van der Waals surface area (Å²) in [5.74, 6) is 2.74. The Bertz CT molecular complexity index is 475. The molecule has 1 aliphatic heterocycles. The van der Waals surface area contributed by atoms with Crippen molar-refractivity contribution in [3.05, 3.63) is 18.0 Å². The summed E-state index contributed by atoms with van der Waals surface area (Å²) in [6.07, 6.45) is 8.88. The molecule has 1 fully saturated rings. The van der Waals surface area contributed by atoms with E-state index >= 15 is 0 Å². The molecule has 2 heterocycles. The van der Waals surface area contributed by atoms with Gasteiger partial charge in [-0.25, -0.2) is 0 Å². The molecule has 22 heavy (non-hydrogen) atoms. The molecule has 5 nitrogen and oxygen atoms in total. The molecular weight excluding hydrogens is 274 g/mol. The van der Waals surface area contributed by atoms with E-state index in [0.29, 0.717) is 0 Å². The van der Waals surface area contributed by atoms with Gasteiger partial charge in [0.1, 0.15) is 0 Å². The Kier molecular flexibility index (Phi) is 6.28. The van der Waals surface area contributed by atoms with Gasteiger partial charge in [-0.3, -0.25) is 9.67 Å². The SMILES string of the molecule is CCC(CC)C1CCN(C(=NC)NCCc2cnn(C)c2)C1. The van der Waals surface area contributed by atoms with E-state index < -0.39 is 0 Å². The van der Waals surface area contributed by atoms with Crippen molar-refractivity contribution >= 4 is 5.96 Å². The van der Waals surface area contributed by atoms with Crippen LogP contribution in [0.2, 0.25) is 0 Å². The van der Waals surface area contributed by atoms with Crippen LogP contribution in [0.1, 0.15) is 38.7 Å². The Morgan fingerprint density at radius 3 is 2.82 bits per heavy atom. The first-order valence-corrected chi connectivity index (χ1v) is 8.61. The number of guanidine groups is 1. The molecule has 0 aliphatic carbocycles. The molecule has 0 aromatic carbocycles. The van der Waals surface area contributed by atoms with Crippen LogP contribution in [0.3, 0.4) is 0 Å². The summed E-state index contributed by atoms with van der Waals surface area (Å²) in [5.41, 5.74) is 1.27. The van der Waals surface area contributed by atoms with Crippen molar-refractivity contribution < 1.29 is 0 Å². The van der Waals surface area contributed by atoms with Crippen LogP contribution in [-0.4, -0.2) is 47.3 Å². The summed E-state index contributed by atoms with van der Waals surface area (Å²) in [7, 11) is 3.84. The molecule has 0 radical (unpaired) electrons. The Balaban J connectivity index is 1.80. The Hall–Kier alpha value is -1.52. The lowest BCUT2D eigenvalue weighted by Crippen LogP contribution is -2.41. The standard InChI is InChI=1S/C17H31N5/c1-5-15(6-2)16-8-10-22(13-16)17(18-3)19-9-7-14-11-20-21(4)12-14/h11-12,15-16H,5-10,13H2,1-4H3,(H,18,19). The van der Waals surface area contributed by atoms with E-state index in [1.807, 2.05) is 25.0 Å². The molecule has 1 saturated heterocycles. The van der Waals surface area contributed by atoms with Crippen molar-refractivity contribution in [2.45, 2.75) is 39.5 Å². The molecule has 0 saturated carbocycles. The van der Waals surface area contributed by atoms with Crippen LogP contribution >= 0.6 is 0 Å². The van der Waals surface area contributed by atoms with Gasteiger partial charge in [0.2, 0.25) is 0 Å². The van der Waals surface area contributed by atoms with Gasteiger partial charge in [-0.15, -0.1) is 0 Å². The summed E-state index contributed by atoms with van der Waals surface area (Å²) in [6, 6.07) is 0. The van der Waals surface area contributed by atoms with Gasteiger partial charge in [0.05, 0.1) is 6.20 Å². The highest BCUT2D eigenvalue weighted by atomic mass is 15.3. The van der Waals surface area contributed by atoms with Gasteiger partial charge in [-0.1, -0.05) is 26.7 Å². The molecule has 124 valence electrons. The third-order valence-corrected chi connectivity index (χ3v) is 4.91. The highest BCUT2D eigenvalue weighted by molar-refractivity contribution is 5.80. The van der Waals surface area contributed by atoms with E-state index in [4.69, 9.17) is 0 Å². The number of aliphatic imine (C=N–C) groups is 1. The second-order valence-corrected chi connectivity index (χ2v) is 6.32. The van der Waals surface area contributed by atoms with E-state index in [1.54, 1.807) is 0 Å². The van der Waals surface area contributed by atoms with Crippen molar-refractivity contribution in [3.63, 3.8) is 0 Å². The summed E-state index contributed by atoms with van der Waals surface area (Å²) < 4.78 is 1.85. The summed E-state index contributed by atoms with van der Waals surface area (Å²) in [5, 5.41) is 7.71. The topological polar surface area (TPSA) is 45.4 Å². The molecule has 1 aromatic rings. The molecule has 2 rings (SSSR count). The van der Waals surface area contributed by atoms with Crippen molar-refractivity contribution in [3.8, 4) is 0 Å². The fourth-order valence-corrected chi connectivity index (χ4v) is 3.57. The molecule has 1 N–H and O–H groups in total. The maximum atomic E-state index is 4.46. The first-order chi connectivity index (χ1) is 10.7. The zero-order chi connectivity index (χ0) is 15.9. The molecular formula is C17H31N5. The van der Waals surface area contributed by atoms with Crippen LogP contribution in [0, 0.1) is 11.8 Å². The third-order valence-electron chi connectivity index (χ3n) is 4.91. The van der Waals surface area contributed by atoms with Gasteiger partial charge in [0.25, 0.3) is 0 Å². The van der Waals surface area contributed by atoms with Crippen LogP contribution in [0.25, 0.3) is 0 Å². The quantitative estimate of drug-likeness (QED) is 0.648. The second kappa shape index (κ2) is 8.20. The number of rotatable bonds is 6. The Morgan fingerprint density at radius 2 is 2.23 bits per heavy atom. The summed E-state index contributed by atoms with van der Waals surface area (Å²) in [4.78, 5) is 6.89. The minimum Gasteiger partial charge on any atom is -0.356 e. The van der Waals surface area contributed by atoms with E-state index in [-0.39, 0.29) is 0 Å². The number of likely N-dealkylation sites (tertiary alicyclic amines) is 1. The number of aryl methyl sites for hydroxylation is 1. The predicted molar refractivity (Wildman–Crippen MR) is 92.0 cm³/mol.